The average molecular weight is 489 g/mol. The maximum Gasteiger partial charge on any atom is 0.263 e. The topological polar surface area (TPSA) is 82.6 Å². The highest BCUT2D eigenvalue weighted by Gasteiger charge is 2.34. The Labute approximate surface area is 197 Å². The molecule has 0 radical (unpaired) electrons. The molecule has 3 heterocycles. The van der Waals surface area contributed by atoms with Crippen molar-refractivity contribution in [3.63, 3.8) is 0 Å². The van der Waals surface area contributed by atoms with E-state index < -0.39 is 10.0 Å². The molecule has 0 aliphatic carbocycles. The lowest BCUT2D eigenvalue weighted by atomic mass is 9.99. The summed E-state index contributed by atoms with van der Waals surface area (Å²) >= 11 is 1.21. The largest absolute Gasteiger partial charge is 0.371 e. The normalized spacial score (nSPS) is 18.3. The summed E-state index contributed by atoms with van der Waals surface area (Å²) in [5, 5.41) is 2.02. The molecule has 10 heteroatoms. The van der Waals surface area contributed by atoms with Crippen LogP contribution < -0.4 is 14.5 Å². The quantitative estimate of drug-likeness (QED) is 0.584. The van der Waals surface area contributed by atoms with Crippen LogP contribution in [0.1, 0.15) is 19.8 Å². The Hall–Kier alpha value is -2.98. The van der Waals surface area contributed by atoms with Gasteiger partial charge in [0.2, 0.25) is 5.91 Å². The molecule has 0 spiro atoms. The number of benzene rings is 2. The van der Waals surface area contributed by atoms with E-state index in [2.05, 4.69) is 14.6 Å². The second kappa shape index (κ2) is 8.75. The number of amides is 1. The molecule has 33 heavy (non-hydrogen) atoms. The number of carbonyl (C=O) groups excluding carboxylic acids is 1. The molecular formula is C23H25FN4O3S2. The van der Waals surface area contributed by atoms with Crippen LogP contribution in [0.25, 0.3) is 0 Å². The van der Waals surface area contributed by atoms with Crippen LogP contribution in [0.5, 0.6) is 0 Å². The Morgan fingerprint density at radius 3 is 2.76 bits per heavy atom. The maximum absolute atomic E-state index is 13.6. The number of nitrogens with zero attached hydrogens (tertiary/aromatic N) is 3. The molecule has 1 fully saturated rings. The Balaban J connectivity index is 0.00000274. The van der Waals surface area contributed by atoms with E-state index in [0.29, 0.717) is 24.8 Å². The lowest BCUT2D eigenvalue weighted by Crippen LogP contribution is -2.40. The fourth-order valence-electron chi connectivity index (χ4n) is 4.50. The molecule has 3 aromatic rings. The Morgan fingerprint density at radius 1 is 1.18 bits per heavy atom. The van der Waals surface area contributed by atoms with Crippen LogP contribution in [0.4, 0.5) is 20.9 Å². The van der Waals surface area contributed by atoms with Crippen molar-refractivity contribution in [2.24, 2.45) is 5.92 Å². The van der Waals surface area contributed by atoms with Crippen molar-refractivity contribution in [1.29, 1.82) is 0 Å². The second-order valence-electron chi connectivity index (χ2n) is 8.23. The molecule has 0 bridgehead atoms. The van der Waals surface area contributed by atoms with Gasteiger partial charge in [0.05, 0.1) is 10.8 Å². The highest BCUT2D eigenvalue weighted by atomic mass is 32.2. The van der Waals surface area contributed by atoms with E-state index in [4.69, 9.17) is 0 Å². The molecule has 1 aromatic heterocycles. The molecule has 1 unspecified atom stereocenters. The zero-order valence-corrected chi connectivity index (χ0v) is 19.4. The molecule has 1 saturated heterocycles. The number of nitrogens with one attached hydrogen (secondary N) is 1. The zero-order chi connectivity index (χ0) is 23.0. The molecule has 174 valence electrons. The van der Waals surface area contributed by atoms with Crippen molar-refractivity contribution in [2.75, 3.05) is 34.2 Å². The summed E-state index contributed by atoms with van der Waals surface area (Å²) in [5.41, 5.74) is 2.57. The average Bonchev–Trinajstić information content (AvgIpc) is 3.50. The number of thiazole rings is 1. The number of halogens is 1. The van der Waals surface area contributed by atoms with Crippen LogP contribution in [0.3, 0.4) is 0 Å². The van der Waals surface area contributed by atoms with E-state index in [9.17, 15) is 17.6 Å². The number of carbonyl (C=O) groups is 1. The third-order valence-corrected chi connectivity index (χ3v) is 8.30. The van der Waals surface area contributed by atoms with Gasteiger partial charge in [0.25, 0.3) is 10.0 Å². The number of hydrogen-bond acceptors (Lipinski definition) is 6. The minimum atomic E-state index is -3.70. The number of aryl methyl sites for hydroxylation is 1. The first-order valence-corrected chi connectivity index (χ1v) is 13.1. The van der Waals surface area contributed by atoms with Gasteiger partial charge in [-0.3, -0.25) is 9.52 Å². The predicted molar refractivity (Wildman–Crippen MR) is 129 cm³/mol. The third-order valence-electron chi connectivity index (χ3n) is 6.13. The van der Waals surface area contributed by atoms with Crippen molar-refractivity contribution < 1.29 is 19.0 Å². The van der Waals surface area contributed by atoms with Crippen LogP contribution in [0, 0.1) is 11.7 Å². The third kappa shape index (κ3) is 4.45. The van der Waals surface area contributed by atoms with Crippen molar-refractivity contribution in [2.45, 2.75) is 24.2 Å². The Kier molecular flexibility index (Phi) is 5.79. The Morgan fingerprint density at radius 2 is 2.00 bits per heavy atom. The van der Waals surface area contributed by atoms with Gasteiger partial charge in [0, 0.05) is 44.0 Å². The van der Waals surface area contributed by atoms with E-state index in [0.717, 1.165) is 36.2 Å². The first kappa shape index (κ1) is 21.8. The highest BCUT2D eigenvalue weighted by Crippen LogP contribution is 2.32. The molecule has 2 aliphatic rings. The Bertz CT molecular complexity index is 1270. The summed E-state index contributed by atoms with van der Waals surface area (Å²) in [6, 6.07) is 11.3. The summed E-state index contributed by atoms with van der Waals surface area (Å²) in [4.78, 5) is 21.3. The lowest BCUT2D eigenvalue weighted by Gasteiger charge is -2.31. The number of fused-ring (bicyclic) bond motifs is 1. The van der Waals surface area contributed by atoms with Crippen LogP contribution in [-0.2, 0) is 21.2 Å². The first-order valence-electron chi connectivity index (χ1n) is 10.8. The van der Waals surface area contributed by atoms with Crippen LogP contribution >= 0.6 is 11.3 Å². The SMILES string of the molecule is O=C(C1CCN(c2ccc(S(=O)(=O)Nc3nccs3)cc2)C1)N1CCCc2cc(F)ccc21.[HH]. The molecule has 1 N–H and O–H groups in total. The number of sulfonamides is 1. The van der Waals surface area contributed by atoms with Crippen molar-refractivity contribution in [3.8, 4) is 0 Å². The van der Waals surface area contributed by atoms with Crippen LogP contribution in [0.15, 0.2) is 58.9 Å². The van der Waals surface area contributed by atoms with Gasteiger partial charge in [-0.05, 0) is 67.3 Å². The predicted octanol–water partition coefficient (Wildman–Crippen LogP) is 4.13. The van der Waals surface area contributed by atoms with Gasteiger partial charge in [0.1, 0.15) is 5.82 Å². The standard InChI is InChI=1S/C23H23FN4O3S2.H2/c24-18-3-8-21-16(14-18)2-1-11-28(21)22(29)17-9-12-27(15-17)19-4-6-20(7-5-19)33(30,31)26-23-25-10-13-32-23;/h3-8,10,13-14,17H,1-2,9,11-12,15H2,(H,25,26);1H. The summed E-state index contributed by atoms with van der Waals surface area (Å²) < 4.78 is 41.1. The maximum atomic E-state index is 13.6. The minimum absolute atomic E-state index is 0. The fourth-order valence-corrected chi connectivity index (χ4v) is 6.28. The van der Waals surface area contributed by atoms with Gasteiger partial charge in [0.15, 0.2) is 5.13 Å². The van der Waals surface area contributed by atoms with Crippen LogP contribution in [0.2, 0.25) is 0 Å². The van der Waals surface area contributed by atoms with E-state index in [-0.39, 0.29) is 24.0 Å². The molecule has 1 amide bonds. The van der Waals surface area contributed by atoms with Gasteiger partial charge >= 0.3 is 0 Å². The number of rotatable bonds is 5. The smallest absolute Gasteiger partial charge is 0.263 e. The molecule has 7 nitrogen and oxygen atoms in total. The van der Waals surface area contributed by atoms with E-state index in [1.165, 1.54) is 29.7 Å². The van der Waals surface area contributed by atoms with Crippen molar-refractivity contribution in [1.82, 2.24) is 4.98 Å². The first-order chi connectivity index (χ1) is 15.9. The summed E-state index contributed by atoms with van der Waals surface area (Å²) in [5.74, 6) is -0.365. The molecular weight excluding hydrogens is 463 g/mol. The highest BCUT2D eigenvalue weighted by molar-refractivity contribution is 7.93. The van der Waals surface area contributed by atoms with Gasteiger partial charge in [-0.15, -0.1) is 11.3 Å². The molecule has 2 aliphatic heterocycles. The van der Waals surface area contributed by atoms with Gasteiger partial charge < -0.3 is 9.80 Å². The van der Waals surface area contributed by atoms with Gasteiger partial charge in [-0.25, -0.2) is 17.8 Å². The number of anilines is 3. The monoisotopic (exact) mass is 488 g/mol. The van der Waals surface area contributed by atoms with E-state index >= 15 is 0 Å². The van der Waals surface area contributed by atoms with Crippen molar-refractivity contribution in [3.05, 3.63) is 65.4 Å². The van der Waals surface area contributed by atoms with Gasteiger partial charge in [-0.2, -0.15) is 0 Å². The summed E-state index contributed by atoms with van der Waals surface area (Å²) in [6.45, 7) is 1.92. The molecule has 0 saturated carbocycles. The summed E-state index contributed by atoms with van der Waals surface area (Å²) in [7, 11) is -3.70. The van der Waals surface area contributed by atoms with Crippen molar-refractivity contribution >= 4 is 43.8 Å². The molecule has 1 atom stereocenters. The zero-order valence-electron chi connectivity index (χ0n) is 17.8. The number of aromatic nitrogens is 1. The van der Waals surface area contributed by atoms with Gasteiger partial charge in [-0.1, -0.05) is 0 Å². The molecule has 5 rings (SSSR count). The van der Waals surface area contributed by atoms with Crippen LogP contribution in [-0.4, -0.2) is 38.9 Å². The molecule has 2 aromatic carbocycles. The second-order valence-corrected chi connectivity index (χ2v) is 10.8. The van der Waals surface area contributed by atoms with E-state index in [1.54, 1.807) is 40.6 Å². The number of hydrogen-bond donors (Lipinski definition) is 1. The lowest BCUT2D eigenvalue weighted by molar-refractivity contribution is -0.121. The summed E-state index contributed by atoms with van der Waals surface area (Å²) in [6.07, 6.45) is 3.86. The minimum Gasteiger partial charge on any atom is -0.371 e. The fraction of sp³-hybridized carbons (Fsp3) is 0.304. The van der Waals surface area contributed by atoms with E-state index in [1.807, 2.05) is 0 Å².